The summed E-state index contributed by atoms with van der Waals surface area (Å²) in [4.78, 5) is 6.67. The monoisotopic (exact) mass is 381 g/mol. The summed E-state index contributed by atoms with van der Waals surface area (Å²) in [6.45, 7) is 5.44. The molecule has 0 aromatic heterocycles. The summed E-state index contributed by atoms with van der Waals surface area (Å²) in [6, 6.07) is 8.77. The first-order valence-corrected chi connectivity index (χ1v) is 11.0. The predicted octanol–water partition coefficient (Wildman–Crippen LogP) is 1.45. The van der Waals surface area contributed by atoms with Gasteiger partial charge in [-0.05, 0) is 43.9 Å². The number of nitrogens with one attached hydrogen (secondary N) is 3. The minimum Gasteiger partial charge on any atom is -0.372 e. The standard InChI is InChI=1S/C18H31N5O2S/c1-15(16-8-6-9-17(14-16)23-12-4-5-13-23)22-18(19-2)20-10-7-11-21-26(3,24)25/h6,8-9,14-15,21H,4-5,7,10-13H2,1-3H3,(H2,19,20,22). The lowest BCUT2D eigenvalue weighted by molar-refractivity contribution is 0.584. The molecule has 146 valence electrons. The number of hydrogen-bond acceptors (Lipinski definition) is 4. The van der Waals surface area contributed by atoms with Gasteiger partial charge >= 0.3 is 0 Å². The van der Waals surface area contributed by atoms with Crippen LogP contribution >= 0.6 is 0 Å². The maximum absolute atomic E-state index is 11.0. The topological polar surface area (TPSA) is 85.8 Å². The quantitative estimate of drug-likeness (QED) is 0.361. The number of benzene rings is 1. The van der Waals surface area contributed by atoms with Crippen LogP contribution in [0.25, 0.3) is 0 Å². The second-order valence-corrected chi connectivity index (χ2v) is 8.51. The lowest BCUT2D eigenvalue weighted by Crippen LogP contribution is -2.40. The Hall–Kier alpha value is -1.80. The van der Waals surface area contributed by atoms with E-state index >= 15 is 0 Å². The Labute approximate surface area is 157 Å². The summed E-state index contributed by atoms with van der Waals surface area (Å²) >= 11 is 0. The Bertz CT molecular complexity index is 699. The summed E-state index contributed by atoms with van der Waals surface area (Å²) < 4.78 is 24.6. The molecule has 0 saturated carbocycles. The van der Waals surface area contributed by atoms with Crippen LogP contribution in [-0.2, 0) is 10.0 Å². The van der Waals surface area contributed by atoms with E-state index in [2.05, 4.69) is 56.4 Å². The molecule has 1 aromatic carbocycles. The molecule has 1 unspecified atom stereocenters. The molecule has 26 heavy (non-hydrogen) atoms. The molecule has 0 spiro atoms. The highest BCUT2D eigenvalue weighted by Crippen LogP contribution is 2.23. The molecule has 1 heterocycles. The molecule has 0 radical (unpaired) electrons. The summed E-state index contributed by atoms with van der Waals surface area (Å²) in [5.74, 6) is 0.712. The first kappa shape index (κ1) is 20.5. The van der Waals surface area contributed by atoms with Crippen LogP contribution in [0.2, 0.25) is 0 Å². The van der Waals surface area contributed by atoms with Gasteiger partial charge in [0.2, 0.25) is 10.0 Å². The molecule has 2 rings (SSSR count). The van der Waals surface area contributed by atoms with E-state index in [1.807, 2.05) is 0 Å². The van der Waals surface area contributed by atoms with Gasteiger partial charge in [0.1, 0.15) is 0 Å². The molecule has 3 N–H and O–H groups in total. The third-order valence-corrected chi connectivity index (χ3v) is 5.16. The maximum Gasteiger partial charge on any atom is 0.208 e. The van der Waals surface area contributed by atoms with Gasteiger partial charge in [-0.1, -0.05) is 12.1 Å². The molecule has 0 bridgehead atoms. The predicted molar refractivity (Wildman–Crippen MR) is 108 cm³/mol. The number of nitrogens with zero attached hydrogens (tertiary/aromatic N) is 2. The summed E-state index contributed by atoms with van der Waals surface area (Å²) in [6.07, 6.45) is 4.39. The number of rotatable bonds is 8. The van der Waals surface area contributed by atoms with Gasteiger partial charge in [0, 0.05) is 38.9 Å². The van der Waals surface area contributed by atoms with Gasteiger partial charge in [-0.2, -0.15) is 0 Å². The molecule has 1 aliphatic rings. The highest BCUT2D eigenvalue weighted by Gasteiger charge is 2.14. The van der Waals surface area contributed by atoms with E-state index in [0.717, 1.165) is 13.1 Å². The van der Waals surface area contributed by atoms with E-state index < -0.39 is 10.0 Å². The second kappa shape index (κ2) is 9.78. The molecule has 0 amide bonds. The largest absolute Gasteiger partial charge is 0.372 e. The van der Waals surface area contributed by atoms with Crippen LogP contribution in [0.1, 0.15) is 37.8 Å². The van der Waals surface area contributed by atoms with Crippen LogP contribution in [0.4, 0.5) is 5.69 Å². The smallest absolute Gasteiger partial charge is 0.208 e. The van der Waals surface area contributed by atoms with Crippen molar-refractivity contribution in [3.8, 4) is 0 Å². The van der Waals surface area contributed by atoms with Gasteiger partial charge in [-0.25, -0.2) is 13.1 Å². The third-order valence-electron chi connectivity index (χ3n) is 4.43. The van der Waals surface area contributed by atoms with E-state index in [1.54, 1.807) is 7.05 Å². The van der Waals surface area contributed by atoms with Crippen LogP contribution in [0.3, 0.4) is 0 Å². The Balaban J connectivity index is 1.83. The first-order chi connectivity index (χ1) is 12.4. The van der Waals surface area contributed by atoms with Gasteiger partial charge in [-0.3, -0.25) is 4.99 Å². The van der Waals surface area contributed by atoms with Crippen LogP contribution < -0.4 is 20.3 Å². The van der Waals surface area contributed by atoms with Gasteiger partial charge in [0.25, 0.3) is 0 Å². The normalized spacial score (nSPS) is 16.6. The fourth-order valence-corrected chi connectivity index (χ4v) is 3.52. The fourth-order valence-electron chi connectivity index (χ4n) is 3.00. The molecule has 1 atom stereocenters. The van der Waals surface area contributed by atoms with Crippen molar-refractivity contribution in [2.45, 2.75) is 32.2 Å². The minimum atomic E-state index is -3.12. The highest BCUT2D eigenvalue weighted by molar-refractivity contribution is 7.88. The van der Waals surface area contributed by atoms with Gasteiger partial charge in [0.15, 0.2) is 5.96 Å². The highest BCUT2D eigenvalue weighted by atomic mass is 32.2. The molecule has 1 saturated heterocycles. The Morgan fingerprint density at radius 3 is 2.65 bits per heavy atom. The van der Waals surface area contributed by atoms with Crippen LogP contribution in [0.15, 0.2) is 29.3 Å². The number of guanidine groups is 1. The molecule has 1 fully saturated rings. The second-order valence-electron chi connectivity index (χ2n) is 6.67. The Morgan fingerprint density at radius 2 is 2.00 bits per heavy atom. The van der Waals surface area contributed by atoms with Crippen molar-refractivity contribution in [2.75, 3.05) is 44.4 Å². The molecular formula is C18H31N5O2S. The zero-order valence-electron chi connectivity index (χ0n) is 16.0. The number of anilines is 1. The molecule has 8 heteroatoms. The van der Waals surface area contributed by atoms with E-state index in [4.69, 9.17) is 0 Å². The minimum absolute atomic E-state index is 0.123. The Kier molecular flexibility index (Phi) is 7.71. The third kappa shape index (κ3) is 6.84. The molecule has 1 aromatic rings. The van der Waals surface area contributed by atoms with Gasteiger partial charge in [0.05, 0.1) is 12.3 Å². The maximum atomic E-state index is 11.0. The van der Waals surface area contributed by atoms with E-state index in [-0.39, 0.29) is 6.04 Å². The van der Waals surface area contributed by atoms with Crippen molar-refractivity contribution < 1.29 is 8.42 Å². The van der Waals surface area contributed by atoms with E-state index in [9.17, 15) is 8.42 Å². The average Bonchev–Trinajstić information content (AvgIpc) is 3.14. The van der Waals surface area contributed by atoms with Crippen molar-refractivity contribution in [1.82, 2.24) is 15.4 Å². The van der Waals surface area contributed by atoms with Crippen LogP contribution in [0.5, 0.6) is 0 Å². The van der Waals surface area contributed by atoms with Crippen LogP contribution in [0, 0.1) is 0 Å². The van der Waals surface area contributed by atoms with Crippen LogP contribution in [-0.4, -0.2) is 53.9 Å². The number of aliphatic imine (C=N–C) groups is 1. The van der Waals surface area contributed by atoms with E-state index in [1.165, 1.54) is 30.3 Å². The zero-order chi connectivity index (χ0) is 19.0. The number of hydrogen-bond donors (Lipinski definition) is 3. The molecule has 0 aliphatic carbocycles. The summed E-state index contributed by atoms with van der Waals surface area (Å²) in [7, 11) is -1.39. The molecule has 7 nitrogen and oxygen atoms in total. The summed E-state index contributed by atoms with van der Waals surface area (Å²) in [5, 5.41) is 6.61. The zero-order valence-corrected chi connectivity index (χ0v) is 16.8. The van der Waals surface area contributed by atoms with Crippen molar-refractivity contribution >= 4 is 21.7 Å². The lowest BCUT2D eigenvalue weighted by atomic mass is 10.1. The average molecular weight is 382 g/mol. The summed E-state index contributed by atoms with van der Waals surface area (Å²) in [5.41, 5.74) is 2.50. The van der Waals surface area contributed by atoms with E-state index in [0.29, 0.717) is 25.5 Å². The SMILES string of the molecule is CN=C(NCCCNS(C)(=O)=O)NC(C)c1cccc(N2CCCC2)c1. The van der Waals surface area contributed by atoms with Gasteiger partial charge < -0.3 is 15.5 Å². The van der Waals surface area contributed by atoms with Crippen molar-refractivity contribution in [3.63, 3.8) is 0 Å². The van der Waals surface area contributed by atoms with Crippen molar-refractivity contribution in [2.24, 2.45) is 4.99 Å². The molecular weight excluding hydrogens is 350 g/mol. The number of sulfonamides is 1. The lowest BCUT2D eigenvalue weighted by Gasteiger charge is -2.22. The fraction of sp³-hybridized carbons (Fsp3) is 0.611. The Morgan fingerprint density at radius 1 is 1.27 bits per heavy atom. The molecule has 1 aliphatic heterocycles. The van der Waals surface area contributed by atoms with Crippen molar-refractivity contribution in [3.05, 3.63) is 29.8 Å². The van der Waals surface area contributed by atoms with Crippen molar-refractivity contribution in [1.29, 1.82) is 0 Å². The first-order valence-electron chi connectivity index (χ1n) is 9.16. The van der Waals surface area contributed by atoms with Gasteiger partial charge in [-0.15, -0.1) is 0 Å².